The fraction of sp³-hybridized carbons (Fsp3) is 0.333. The van der Waals surface area contributed by atoms with E-state index in [4.69, 9.17) is 0 Å². The van der Waals surface area contributed by atoms with Crippen LogP contribution in [0, 0.1) is 0 Å². The van der Waals surface area contributed by atoms with E-state index in [1.165, 1.54) is 0 Å². The average Bonchev–Trinajstić information content (AvgIpc) is 1.86. The molecule has 33 valence electrons. The van der Waals surface area contributed by atoms with Crippen molar-refractivity contribution in [2.24, 2.45) is 0 Å². The van der Waals surface area contributed by atoms with Gasteiger partial charge in [0.15, 0.2) is 0 Å². The largest absolute Gasteiger partial charge is 0.298 e. The van der Waals surface area contributed by atoms with Crippen molar-refractivity contribution < 1.29 is 0 Å². The van der Waals surface area contributed by atoms with Gasteiger partial charge in [-0.1, -0.05) is 0 Å². The van der Waals surface area contributed by atoms with E-state index >= 15 is 0 Å². The van der Waals surface area contributed by atoms with E-state index in [1.807, 2.05) is 13.2 Å². The van der Waals surface area contributed by atoms with Gasteiger partial charge in [0.05, 0.1) is 6.20 Å². The summed E-state index contributed by atoms with van der Waals surface area (Å²) in [6.45, 7) is 0. The van der Waals surface area contributed by atoms with Crippen LogP contribution in [0.15, 0.2) is 12.4 Å². The molecule has 0 spiro atoms. The molecule has 1 heterocycles. The van der Waals surface area contributed by atoms with Crippen molar-refractivity contribution in [3.63, 3.8) is 0 Å². The summed E-state index contributed by atoms with van der Waals surface area (Å²) in [5.41, 5.74) is 6.33. The topological polar surface area (TPSA) is 29.4 Å². The zero-order chi connectivity index (χ0) is 4.41. The van der Waals surface area contributed by atoms with Gasteiger partial charge in [-0.05, 0) is 0 Å². The van der Waals surface area contributed by atoms with Crippen LogP contribution in [-0.4, -0.2) is 12.1 Å². The molecule has 0 fully saturated rings. The second-order valence-electron chi connectivity index (χ2n) is 1.14. The van der Waals surface area contributed by atoms with E-state index in [0.29, 0.717) is 0 Å². The summed E-state index contributed by atoms with van der Waals surface area (Å²) in [5, 5.41) is 1.76. The van der Waals surface area contributed by atoms with E-state index in [0.717, 1.165) is 0 Å². The first-order valence-electron chi connectivity index (χ1n) is 1.74. The zero-order valence-electron chi connectivity index (χ0n) is 3.55. The lowest BCUT2D eigenvalue weighted by Gasteiger charge is -2.02. The molecule has 0 saturated carbocycles. The van der Waals surface area contributed by atoms with Crippen molar-refractivity contribution >= 4 is 0 Å². The molecule has 3 heteroatoms. The van der Waals surface area contributed by atoms with Crippen molar-refractivity contribution in [2.45, 2.75) is 0 Å². The third-order valence-electron chi connectivity index (χ3n) is 0.580. The first-order valence-corrected chi connectivity index (χ1v) is 1.74. The normalized spacial score (nSPS) is 18.5. The summed E-state index contributed by atoms with van der Waals surface area (Å²) in [4.78, 5) is 0. The van der Waals surface area contributed by atoms with Crippen LogP contribution in [-0.2, 0) is 0 Å². The van der Waals surface area contributed by atoms with Gasteiger partial charge in [0.2, 0.25) is 0 Å². The van der Waals surface area contributed by atoms with Crippen molar-refractivity contribution in [3.05, 3.63) is 12.4 Å². The molecular formula is C3H6N3. The minimum atomic E-state index is 1.69. The van der Waals surface area contributed by atoms with Gasteiger partial charge in [-0.25, -0.2) is 0 Å². The van der Waals surface area contributed by atoms with E-state index in [-0.39, 0.29) is 0 Å². The maximum atomic E-state index is 3.66. The molecule has 1 rings (SSSR count). The van der Waals surface area contributed by atoms with Crippen LogP contribution in [0.1, 0.15) is 0 Å². The maximum Gasteiger partial charge on any atom is 0.0606 e. The summed E-state index contributed by atoms with van der Waals surface area (Å²) >= 11 is 0. The Hall–Kier alpha value is -0.700. The molecule has 0 aromatic carbocycles. The Morgan fingerprint density at radius 3 is 2.83 bits per heavy atom. The number of hydrazine groups is 1. The standard InChI is InChI=1S/C3H6N3/c1-6-3-2-4-5-6/h2-3,5H,1H3. The van der Waals surface area contributed by atoms with Crippen LogP contribution in [0.3, 0.4) is 0 Å². The third kappa shape index (κ3) is 0.440. The Morgan fingerprint density at radius 2 is 2.67 bits per heavy atom. The average molecular weight is 84.1 g/mol. The first-order chi connectivity index (χ1) is 2.89. The van der Waals surface area contributed by atoms with Crippen molar-refractivity contribution in [1.82, 2.24) is 16.0 Å². The van der Waals surface area contributed by atoms with E-state index in [2.05, 4.69) is 11.0 Å². The number of hydrogen-bond donors (Lipinski definition) is 1. The molecule has 3 nitrogen and oxygen atoms in total. The molecule has 0 amide bonds. The van der Waals surface area contributed by atoms with Crippen LogP contribution in [0.2, 0.25) is 0 Å². The Labute approximate surface area is 36.6 Å². The van der Waals surface area contributed by atoms with Crippen LogP contribution in [0.4, 0.5) is 0 Å². The highest BCUT2D eigenvalue weighted by Gasteiger charge is 1.91. The highest BCUT2D eigenvalue weighted by Crippen LogP contribution is 1.80. The monoisotopic (exact) mass is 84.1 g/mol. The van der Waals surface area contributed by atoms with Crippen molar-refractivity contribution in [2.75, 3.05) is 7.05 Å². The second-order valence-corrected chi connectivity index (χ2v) is 1.14. The summed E-state index contributed by atoms with van der Waals surface area (Å²) in [6.07, 6.45) is 3.53. The molecule has 0 aromatic heterocycles. The van der Waals surface area contributed by atoms with Gasteiger partial charge in [-0.2, -0.15) is 5.43 Å². The molecular weight excluding hydrogens is 78.1 g/mol. The molecule has 1 aliphatic heterocycles. The van der Waals surface area contributed by atoms with Gasteiger partial charge in [0.25, 0.3) is 0 Å². The summed E-state index contributed by atoms with van der Waals surface area (Å²) in [5.74, 6) is 0. The first kappa shape index (κ1) is 3.49. The third-order valence-corrected chi connectivity index (χ3v) is 0.580. The molecule has 0 unspecified atom stereocenters. The number of nitrogens with zero attached hydrogens (tertiary/aromatic N) is 2. The van der Waals surface area contributed by atoms with Gasteiger partial charge in [0.1, 0.15) is 0 Å². The molecule has 0 atom stereocenters. The second kappa shape index (κ2) is 1.18. The van der Waals surface area contributed by atoms with Crippen LogP contribution >= 0.6 is 0 Å². The fourth-order valence-electron chi connectivity index (χ4n) is 0.291. The maximum absolute atomic E-state index is 3.66. The minimum Gasteiger partial charge on any atom is -0.298 e. The van der Waals surface area contributed by atoms with E-state index in [1.54, 1.807) is 11.2 Å². The number of nitrogens with one attached hydrogen (secondary N) is 1. The fourth-order valence-corrected chi connectivity index (χ4v) is 0.291. The van der Waals surface area contributed by atoms with Gasteiger partial charge < -0.3 is 0 Å². The summed E-state index contributed by atoms with van der Waals surface area (Å²) in [7, 11) is 1.88. The van der Waals surface area contributed by atoms with Gasteiger partial charge >= 0.3 is 0 Å². The predicted molar refractivity (Wildman–Crippen MR) is 22.2 cm³/mol. The lowest BCUT2D eigenvalue weighted by atomic mass is 10.9. The lowest BCUT2D eigenvalue weighted by molar-refractivity contribution is 0.325. The molecule has 0 aromatic rings. The van der Waals surface area contributed by atoms with Crippen LogP contribution in [0.25, 0.3) is 0 Å². The lowest BCUT2D eigenvalue weighted by Crippen LogP contribution is -2.27. The summed E-state index contributed by atoms with van der Waals surface area (Å²) < 4.78 is 0. The highest BCUT2D eigenvalue weighted by molar-refractivity contribution is 4.78. The molecule has 0 saturated heterocycles. The van der Waals surface area contributed by atoms with Crippen molar-refractivity contribution in [3.8, 4) is 0 Å². The van der Waals surface area contributed by atoms with E-state index in [9.17, 15) is 0 Å². The number of rotatable bonds is 0. The summed E-state index contributed by atoms with van der Waals surface area (Å²) in [6, 6.07) is 0. The predicted octanol–water partition coefficient (Wildman–Crippen LogP) is -0.573. The molecule has 0 aliphatic carbocycles. The molecule has 1 N–H and O–H groups in total. The Bertz CT molecular complexity index is 68.4. The quantitative estimate of drug-likeness (QED) is 0.426. The van der Waals surface area contributed by atoms with Gasteiger partial charge in [0, 0.05) is 13.2 Å². The van der Waals surface area contributed by atoms with Crippen LogP contribution in [0.5, 0.6) is 0 Å². The Kier molecular flexibility index (Phi) is 0.686. The van der Waals surface area contributed by atoms with Crippen LogP contribution < -0.4 is 11.0 Å². The molecule has 6 heavy (non-hydrogen) atoms. The minimum absolute atomic E-state index is 1.69. The number of hydrogen-bond acceptors (Lipinski definition) is 2. The van der Waals surface area contributed by atoms with Gasteiger partial charge in [-0.15, -0.1) is 5.53 Å². The highest BCUT2D eigenvalue weighted by atomic mass is 15.7. The SMILES string of the molecule is CN1C=C[N]N1. The molecule has 1 aliphatic rings. The van der Waals surface area contributed by atoms with Gasteiger partial charge in [-0.3, -0.25) is 5.01 Å². The van der Waals surface area contributed by atoms with E-state index < -0.39 is 0 Å². The Balaban J connectivity index is 2.38. The smallest absolute Gasteiger partial charge is 0.0606 e. The molecule has 0 bridgehead atoms. The Morgan fingerprint density at radius 1 is 1.83 bits per heavy atom. The van der Waals surface area contributed by atoms with Crippen molar-refractivity contribution in [1.29, 1.82) is 0 Å². The zero-order valence-corrected chi connectivity index (χ0v) is 3.55. The molecule has 1 radical (unpaired) electrons.